The van der Waals surface area contributed by atoms with Gasteiger partial charge in [-0.25, -0.2) is 4.68 Å². The van der Waals surface area contributed by atoms with Crippen LogP contribution in [0.1, 0.15) is 12.7 Å². The molecule has 1 aromatic carbocycles. The summed E-state index contributed by atoms with van der Waals surface area (Å²) in [7, 11) is 1.92. The standard InChI is InChI=1S/C15H17N5O/c1-11(16-2)10-14-18-15(21-19-14)12-6-3-4-7-13(12)20-9-5-8-17-20/h3-9,11,16H,10H2,1-2H3. The van der Waals surface area contributed by atoms with Gasteiger partial charge in [-0.3, -0.25) is 0 Å². The Morgan fingerprint density at radius 1 is 1.29 bits per heavy atom. The lowest BCUT2D eigenvalue weighted by Crippen LogP contribution is -2.24. The van der Waals surface area contributed by atoms with Crippen molar-refractivity contribution in [1.29, 1.82) is 0 Å². The van der Waals surface area contributed by atoms with E-state index in [2.05, 4.69) is 27.5 Å². The minimum Gasteiger partial charge on any atom is -0.334 e. The van der Waals surface area contributed by atoms with E-state index < -0.39 is 0 Å². The first-order valence-corrected chi connectivity index (χ1v) is 6.87. The summed E-state index contributed by atoms with van der Waals surface area (Å²) in [4.78, 5) is 4.48. The highest BCUT2D eigenvalue weighted by atomic mass is 16.5. The maximum absolute atomic E-state index is 5.40. The number of hydrogen-bond acceptors (Lipinski definition) is 5. The fourth-order valence-electron chi connectivity index (χ4n) is 2.09. The molecule has 108 valence electrons. The molecule has 21 heavy (non-hydrogen) atoms. The molecule has 6 nitrogen and oxygen atoms in total. The Hall–Kier alpha value is -2.47. The maximum atomic E-state index is 5.40. The lowest BCUT2D eigenvalue weighted by Gasteiger charge is -2.06. The number of likely N-dealkylation sites (N-methyl/N-ethyl adjacent to an activating group) is 1. The Morgan fingerprint density at radius 2 is 2.14 bits per heavy atom. The van der Waals surface area contributed by atoms with Crippen LogP contribution in [0.5, 0.6) is 0 Å². The van der Waals surface area contributed by atoms with E-state index in [0.29, 0.717) is 17.8 Å². The Morgan fingerprint density at radius 3 is 2.90 bits per heavy atom. The molecule has 2 aromatic heterocycles. The van der Waals surface area contributed by atoms with Crippen molar-refractivity contribution < 1.29 is 4.52 Å². The van der Waals surface area contributed by atoms with Gasteiger partial charge in [0.25, 0.3) is 5.89 Å². The first kappa shape index (κ1) is 13.5. The highest BCUT2D eigenvalue weighted by molar-refractivity contribution is 5.65. The van der Waals surface area contributed by atoms with Crippen LogP contribution in [0.3, 0.4) is 0 Å². The number of aromatic nitrogens is 4. The number of benzene rings is 1. The molecular formula is C15H17N5O. The van der Waals surface area contributed by atoms with Gasteiger partial charge in [0.05, 0.1) is 11.3 Å². The van der Waals surface area contributed by atoms with Crippen LogP contribution in [0.4, 0.5) is 0 Å². The monoisotopic (exact) mass is 283 g/mol. The number of rotatable bonds is 5. The van der Waals surface area contributed by atoms with Gasteiger partial charge in [0.1, 0.15) is 0 Å². The average Bonchev–Trinajstić information content (AvgIpc) is 3.18. The second-order valence-electron chi connectivity index (χ2n) is 4.88. The predicted molar refractivity (Wildman–Crippen MR) is 79.1 cm³/mol. The van der Waals surface area contributed by atoms with Crippen LogP contribution in [0.25, 0.3) is 17.1 Å². The van der Waals surface area contributed by atoms with Gasteiger partial charge in [-0.2, -0.15) is 10.1 Å². The summed E-state index contributed by atoms with van der Waals surface area (Å²) in [6.07, 6.45) is 4.35. The number of nitrogens with one attached hydrogen (secondary N) is 1. The zero-order valence-corrected chi connectivity index (χ0v) is 12.0. The number of nitrogens with zero attached hydrogens (tertiary/aromatic N) is 4. The van der Waals surface area contributed by atoms with E-state index in [4.69, 9.17) is 4.52 Å². The highest BCUT2D eigenvalue weighted by Crippen LogP contribution is 2.24. The topological polar surface area (TPSA) is 68.8 Å². The molecule has 1 N–H and O–H groups in total. The zero-order chi connectivity index (χ0) is 14.7. The molecule has 0 saturated heterocycles. The van der Waals surface area contributed by atoms with Gasteiger partial charge in [0.15, 0.2) is 5.82 Å². The third kappa shape index (κ3) is 2.85. The Balaban J connectivity index is 1.94. The van der Waals surface area contributed by atoms with Crippen LogP contribution in [-0.2, 0) is 6.42 Å². The zero-order valence-electron chi connectivity index (χ0n) is 12.0. The van der Waals surface area contributed by atoms with Crippen molar-refractivity contribution in [3.05, 3.63) is 48.5 Å². The molecule has 0 radical (unpaired) electrons. The summed E-state index contributed by atoms with van der Waals surface area (Å²) in [5.41, 5.74) is 1.79. The smallest absolute Gasteiger partial charge is 0.260 e. The lowest BCUT2D eigenvalue weighted by atomic mass is 10.1. The molecule has 1 atom stereocenters. The van der Waals surface area contributed by atoms with Crippen LogP contribution in [0.15, 0.2) is 47.2 Å². The Labute approximate surface area is 122 Å². The van der Waals surface area contributed by atoms with E-state index in [-0.39, 0.29) is 0 Å². The largest absolute Gasteiger partial charge is 0.334 e. The van der Waals surface area contributed by atoms with E-state index in [0.717, 1.165) is 17.7 Å². The third-order valence-electron chi connectivity index (χ3n) is 3.34. The van der Waals surface area contributed by atoms with Crippen molar-refractivity contribution in [2.24, 2.45) is 0 Å². The maximum Gasteiger partial charge on any atom is 0.260 e. The second kappa shape index (κ2) is 5.88. The molecule has 2 heterocycles. The molecule has 3 aromatic rings. The van der Waals surface area contributed by atoms with E-state index in [9.17, 15) is 0 Å². The molecule has 0 bridgehead atoms. The van der Waals surface area contributed by atoms with Gasteiger partial charge in [0, 0.05) is 24.9 Å². The van der Waals surface area contributed by atoms with Crippen LogP contribution < -0.4 is 5.32 Å². The molecule has 1 unspecified atom stereocenters. The first-order valence-electron chi connectivity index (χ1n) is 6.87. The van der Waals surface area contributed by atoms with Gasteiger partial charge in [-0.1, -0.05) is 17.3 Å². The van der Waals surface area contributed by atoms with Crippen molar-refractivity contribution in [3.63, 3.8) is 0 Å². The molecule has 0 spiro atoms. The van der Waals surface area contributed by atoms with Crippen molar-refractivity contribution in [2.45, 2.75) is 19.4 Å². The first-order chi connectivity index (χ1) is 10.3. The van der Waals surface area contributed by atoms with E-state index >= 15 is 0 Å². The molecule has 0 fully saturated rings. The lowest BCUT2D eigenvalue weighted by molar-refractivity contribution is 0.418. The van der Waals surface area contributed by atoms with Gasteiger partial charge >= 0.3 is 0 Å². The number of para-hydroxylation sites is 1. The minimum absolute atomic E-state index is 0.303. The van der Waals surface area contributed by atoms with Crippen molar-refractivity contribution in [3.8, 4) is 17.1 Å². The average molecular weight is 283 g/mol. The summed E-state index contributed by atoms with van der Waals surface area (Å²) in [6.45, 7) is 2.08. The Kier molecular flexibility index (Phi) is 3.79. The molecule has 0 amide bonds. The summed E-state index contributed by atoms with van der Waals surface area (Å²) in [5.74, 6) is 1.21. The third-order valence-corrected chi connectivity index (χ3v) is 3.34. The molecule has 0 aliphatic rings. The molecule has 0 aliphatic heterocycles. The molecular weight excluding hydrogens is 266 g/mol. The quantitative estimate of drug-likeness (QED) is 0.776. The fourth-order valence-corrected chi connectivity index (χ4v) is 2.09. The van der Waals surface area contributed by atoms with Crippen LogP contribution >= 0.6 is 0 Å². The molecule has 0 saturated carbocycles. The minimum atomic E-state index is 0.303. The van der Waals surface area contributed by atoms with Crippen molar-refractivity contribution in [2.75, 3.05) is 7.05 Å². The molecule has 6 heteroatoms. The second-order valence-corrected chi connectivity index (χ2v) is 4.88. The SMILES string of the molecule is CNC(C)Cc1noc(-c2ccccc2-n2cccn2)n1. The van der Waals surface area contributed by atoms with Crippen molar-refractivity contribution >= 4 is 0 Å². The summed E-state index contributed by atoms with van der Waals surface area (Å²) in [6, 6.07) is 10.0. The predicted octanol–water partition coefficient (Wildman–Crippen LogP) is 2.07. The van der Waals surface area contributed by atoms with Gasteiger partial charge < -0.3 is 9.84 Å². The van der Waals surface area contributed by atoms with E-state index in [1.165, 1.54) is 0 Å². The van der Waals surface area contributed by atoms with Gasteiger partial charge in [0.2, 0.25) is 0 Å². The van der Waals surface area contributed by atoms with Gasteiger partial charge in [-0.15, -0.1) is 0 Å². The van der Waals surface area contributed by atoms with E-state index in [1.807, 2.05) is 43.6 Å². The van der Waals surface area contributed by atoms with Crippen molar-refractivity contribution in [1.82, 2.24) is 25.2 Å². The molecule has 0 aliphatic carbocycles. The fraction of sp³-hybridized carbons (Fsp3) is 0.267. The van der Waals surface area contributed by atoms with Crippen LogP contribution in [0.2, 0.25) is 0 Å². The summed E-state index contributed by atoms with van der Waals surface area (Å²) >= 11 is 0. The Bertz CT molecular complexity index is 704. The summed E-state index contributed by atoms with van der Waals surface area (Å²) in [5, 5.41) is 11.5. The normalized spacial score (nSPS) is 12.5. The van der Waals surface area contributed by atoms with E-state index in [1.54, 1.807) is 10.9 Å². The van der Waals surface area contributed by atoms with Crippen LogP contribution in [-0.4, -0.2) is 33.0 Å². The summed E-state index contributed by atoms with van der Waals surface area (Å²) < 4.78 is 7.19. The van der Waals surface area contributed by atoms with Gasteiger partial charge in [-0.05, 0) is 32.2 Å². The number of hydrogen-bond donors (Lipinski definition) is 1. The molecule has 3 rings (SSSR count). The van der Waals surface area contributed by atoms with Crippen LogP contribution in [0, 0.1) is 0 Å². The highest BCUT2D eigenvalue weighted by Gasteiger charge is 2.15.